The Morgan fingerprint density at radius 3 is 2.67 bits per heavy atom. The molecule has 0 aliphatic rings. The number of hydrogen-bond donors (Lipinski definition) is 0. The van der Waals surface area contributed by atoms with Crippen LogP contribution in [0.15, 0.2) is 18.2 Å². The Morgan fingerprint density at radius 2 is 2.06 bits per heavy atom. The molecule has 0 radical (unpaired) electrons. The summed E-state index contributed by atoms with van der Waals surface area (Å²) < 4.78 is 53.2. The molecule has 1 aromatic rings. The van der Waals surface area contributed by atoms with E-state index in [4.69, 9.17) is 11.2 Å². The number of hydrogen-bond acceptors (Lipinski definition) is 3. The lowest BCUT2D eigenvalue weighted by atomic mass is 10.3. The van der Waals surface area contributed by atoms with Crippen molar-refractivity contribution in [3.8, 4) is 18.1 Å². The van der Waals surface area contributed by atoms with Crippen molar-refractivity contribution in [2.24, 2.45) is 0 Å². The van der Waals surface area contributed by atoms with Gasteiger partial charge in [-0.05, 0) is 18.6 Å². The molecule has 0 atom stereocenters. The van der Waals surface area contributed by atoms with Gasteiger partial charge in [-0.15, -0.1) is 6.42 Å². The maximum Gasteiger partial charge on any atom is 0.167 e. The van der Waals surface area contributed by atoms with Crippen molar-refractivity contribution >= 4 is 9.84 Å². The lowest BCUT2D eigenvalue weighted by Gasteiger charge is -2.06. The Bertz CT molecular complexity index is 547. The molecule has 18 heavy (non-hydrogen) atoms. The molecule has 0 saturated heterocycles. The predicted molar refractivity (Wildman–Crippen MR) is 64.0 cm³/mol. The van der Waals surface area contributed by atoms with Crippen molar-refractivity contribution in [1.82, 2.24) is 0 Å². The van der Waals surface area contributed by atoms with E-state index < -0.39 is 21.5 Å². The van der Waals surface area contributed by atoms with Crippen LogP contribution >= 0.6 is 0 Å². The van der Waals surface area contributed by atoms with Crippen LogP contribution in [0.3, 0.4) is 0 Å². The second kappa shape index (κ2) is 6.36. The molecule has 98 valence electrons. The number of ether oxygens (including phenoxy) is 1. The van der Waals surface area contributed by atoms with Gasteiger partial charge >= 0.3 is 0 Å². The second-order valence-electron chi connectivity index (χ2n) is 3.57. The number of benzene rings is 1. The minimum absolute atomic E-state index is 0.0202. The Hall–Kier alpha value is -1.61. The lowest BCUT2D eigenvalue weighted by Crippen LogP contribution is -2.12. The van der Waals surface area contributed by atoms with E-state index in [0.29, 0.717) is 6.07 Å². The van der Waals surface area contributed by atoms with E-state index in [0.717, 1.165) is 12.1 Å². The fourth-order valence-corrected chi connectivity index (χ4v) is 2.21. The molecule has 0 unspecified atom stereocenters. The first-order valence-corrected chi connectivity index (χ1v) is 6.98. The van der Waals surface area contributed by atoms with Crippen LogP contribution in [0.5, 0.6) is 5.75 Å². The molecule has 3 nitrogen and oxygen atoms in total. The molecule has 6 heteroatoms. The first kappa shape index (κ1) is 14.5. The van der Waals surface area contributed by atoms with Crippen LogP contribution in [0.2, 0.25) is 0 Å². The molecule has 0 N–H and O–H groups in total. The first-order valence-electron chi connectivity index (χ1n) is 5.16. The molecule has 0 spiro atoms. The summed E-state index contributed by atoms with van der Waals surface area (Å²) >= 11 is 0. The minimum atomic E-state index is -3.27. The van der Waals surface area contributed by atoms with E-state index in [1.54, 1.807) is 0 Å². The molecule has 0 aliphatic heterocycles. The second-order valence-corrected chi connectivity index (χ2v) is 5.76. The van der Waals surface area contributed by atoms with Crippen LogP contribution in [0, 0.1) is 24.0 Å². The van der Waals surface area contributed by atoms with E-state index in [9.17, 15) is 17.2 Å². The van der Waals surface area contributed by atoms with Gasteiger partial charge in [-0.2, -0.15) is 0 Å². The quantitative estimate of drug-likeness (QED) is 0.586. The molecule has 0 aliphatic carbocycles. The van der Waals surface area contributed by atoms with Crippen LogP contribution in [0.25, 0.3) is 0 Å². The predicted octanol–water partition coefficient (Wildman–Crippen LogP) is 1.78. The molecular weight excluding hydrogens is 262 g/mol. The van der Waals surface area contributed by atoms with Crippen molar-refractivity contribution in [1.29, 1.82) is 0 Å². The van der Waals surface area contributed by atoms with Crippen LogP contribution in [-0.4, -0.2) is 26.5 Å². The van der Waals surface area contributed by atoms with Gasteiger partial charge < -0.3 is 4.74 Å². The van der Waals surface area contributed by atoms with Crippen LogP contribution in [-0.2, 0) is 9.84 Å². The lowest BCUT2D eigenvalue weighted by molar-refractivity contribution is 0.300. The summed E-state index contributed by atoms with van der Waals surface area (Å²) in [7, 11) is -3.27. The van der Waals surface area contributed by atoms with E-state index in [-0.39, 0.29) is 30.3 Å². The fraction of sp³-hybridized carbons (Fsp3) is 0.333. The fourth-order valence-electron chi connectivity index (χ4n) is 1.25. The maximum absolute atomic E-state index is 13.1. The molecule has 0 aromatic heterocycles. The van der Waals surface area contributed by atoms with Crippen molar-refractivity contribution in [3.05, 3.63) is 29.8 Å². The standard InChI is InChI=1S/C12H12F2O3S/c1-2-7-18(15,16)8-3-6-17-12-5-4-10(13)9-11(12)14/h1,4-5,9H,3,6-8H2. The average Bonchev–Trinajstić information content (AvgIpc) is 2.26. The third kappa shape index (κ3) is 4.72. The van der Waals surface area contributed by atoms with Gasteiger partial charge in [0.25, 0.3) is 0 Å². The monoisotopic (exact) mass is 274 g/mol. The van der Waals surface area contributed by atoms with Gasteiger partial charge in [-0.1, -0.05) is 5.92 Å². The smallest absolute Gasteiger partial charge is 0.167 e. The zero-order chi connectivity index (χ0) is 13.6. The van der Waals surface area contributed by atoms with E-state index >= 15 is 0 Å². The van der Waals surface area contributed by atoms with E-state index in [1.165, 1.54) is 0 Å². The highest BCUT2D eigenvalue weighted by atomic mass is 32.2. The Balaban J connectivity index is 2.41. The number of halogens is 2. The average molecular weight is 274 g/mol. The zero-order valence-corrected chi connectivity index (χ0v) is 10.3. The molecule has 1 aromatic carbocycles. The summed E-state index contributed by atoms with van der Waals surface area (Å²) in [6.07, 6.45) is 5.09. The minimum Gasteiger partial charge on any atom is -0.490 e. The first-order chi connectivity index (χ1) is 8.44. The van der Waals surface area contributed by atoms with Crippen LogP contribution < -0.4 is 4.74 Å². The van der Waals surface area contributed by atoms with Gasteiger partial charge in [-0.25, -0.2) is 17.2 Å². The molecule has 1 rings (SSSR count). The van der Waals surface area contributed by atoms with E-state index in [1.807, 2.05) is 0 Å². The summed E-state index contributed by atoms with van der Waals surface area (Å²) in [6.45, 7) is 0.0202. The largest absolute Gasteiger partial charge is 0.490 e. The molecule has 0 fully saturated rings. The highest BCUT2D eigenvalue weighted by molar-refractivity contribution is 7.91. The molecular formula is C12H12F2O3S. The Labute approximate surface area is 105 Å². The molecule has 0 bridgehead atoms. The zero-order valence-electron chi connectivity index (χ0n) is 9.53. The van der Waals surface area contributed by atoms with Crippen molar-refractivity contribution in [2.45, 2.75) is 6.42 Å². The van der Waals surface area contributed by atoms with Gasteiger partial charge in [-0.3, -0.25) is 0 Å². The number of rotatable bonds is 6. The third-order valence-corrected chi connectivity index (χ3v) is 3.57. The summed E-state index contributed by atoms with van der Waals surface area (Å²) in [6, 6.07) is 2.92. The van der Waals surface area contributed by atoms with Crippen molar-refractivity contribution in [2.75, 3.05) is 18.1 Å². The number of terminal acetylenes is 1. The summed E-state index contributed by atoms with van der Waals surface area (Å²) in [5.74, 6) is -0.0166. The topological polar surface area (TPSA) is 43.4 Å². The Morgan fingerprint density at radius 1 is 1.33 bits per heavy atom. The highest BCUT2D eigenvalue weighted by Gasteiger charge is 2.09. The molecule has 0 heterocycles. The summed E-state index contributed by atoms with van der Waals surface area (Å²) in [4.78, 5) is 0. The highest BCUT2D eigenvalue weighted by Crippen LogP contribution is 2.17. The number of sulfone groups is 1. The SMILES string of the molecule is C#CCS(=O)(=O)CCCOc1ccc(F)cc1F. The molecule has 0 amide bonds. The summed E-state index contributed by atoms with van der Waals surface area (Å²) in [5, 5.41) is 0. The van der Waals surface area contributed by atoms with Gasteiger partial charge in [0.15, 0.2) is 21.4 Å². The molecule has 0 saturated carbocycles. The van der Waals surface area contributed by atoms with Crippen molar-refractivity contribution in [3.63, 3.8) is 0 Å². The summed E-state index contributed by atoms with van der Waals surface area (Å²) in [5.41, 5.74) is 0. The van der Waals surface area contributed by atoms with Crippen molar-refractivity contribution < 1.29 is 21.9 Å². The maximum atomic E-state index is 13.1. The third-order valence-electron chi connectivity index (χ3n) is 2.05. The van der Waals surface area contributed by atoms with E-state index in [2.05, 4.69) is 5.92 Å². The van der Waals surface area contributed by atoms with Crippen LogP contribution in [0.1, 0.15) is 6.42 Å². The van der Waals surface area contributed by atoms with Gasteiger partial charge in [0.2, 0.25) is 0 Å². The Kier molecular flexibility index (Phi) is 5.10. The normalized spacial score (nSPS) is 10.9. The van der Waals surface area contributed by atoms with Gasteiger partial charge in [0, 0.05) is 6.07 Å². The van der Waals surface area contributed by atoms with Crippen LogP contribution in [0.4, 0.5) is 8.78 Å². The van der Waals surface area contributed by atoms with Gasteiger partial charge in [0.05, 0.1) is 12.4 Å². The van der Waals surface area contributed by atoms with Gasteiger partial charge in [0.1, 0.15) is 11.6 Å².